The molecular weight excluding hydrogens is 274 g/mol. The molecule has 7 N–H and O–H groups in total. The first-order valence-corrected chi connectivity index (χ1v) is 7.80. The summed E-state index contributed by atoms with van der Waals surface area (Å²) in [5.41, 5.74) is 11.6. The van der Waals surface area contributed by atoms with E-state index < -0.39 is 0 Å². The van der Waals surface area contributed by atoms with Crippen LogP contribution >= 0.6 is 0 Å². The predicted octanol–water partition coefficient (Wildman–Crippen LogP) is 0.190. The molecule has 0 radical (unpaired) electrons. The number of carbonyl (C=O) groups excluding carboxylic acids is 1. The van der Waals surface area contributed by atoms with E-state index in [4.69, 9.17) is 5.73 Å². The summed E-state index contributed by atoms with van der Waals surface area (Å²) in [6, 6.07) is 12.1. The zero-order valence-electron chi connectivity index (χ0n) is 13.1. The van der Waals surface area contributed by atoms with E-state index in [1.165, 1.54) is 0 Å². The van der Waals surface area contributed by atoms with Gasteiger partial charge in [0.1, 0.15) is 19.6 Å². The predicted molar refractivity (Wildman–Crippen MR) is 90.4 cm³/mol. The molecule has 0 fully saturated rings. The van der Waals surface area contributed by atoms with Crippen molar-refractivity contribution < 1.29 is 15.8 Å². The van der Waals surface area contributed by atoms with Crippen molar-refractivity contribution in [3.8, 4) is 0 Å². The van der Waals surface area contributed by atoms with Gasteiger partial charge in [0.15, 0.2) is 5.78 Å². The highest BCUT2D eigenvalue weighted by Crippen LogP contribution is 2.30. The van der Waals surface area contributed by atoms with Crippen molar-refractivity contribution in [2.75, 3.05) is 26.2 Å². The summed E-state index contributed by atoms with van der Waals surface area (Å²) < 4.78 is 0. The van der Waals surface area contributed by atoms with E-state index in [-0.39, 0.29) is 5.78 Å². The second-order valence-corrected chi connectivity index (χ2v) is 5.29. The molecule has 0 atom stereocenters. The zero-order chi connectivity index (χ0) is 15.9. The van der Waals surface area contributed by atoms with Crippen LogP contribution in [0.2, 0.25) is 0 Å². The summed E-state index contributed by atoms with van der Waals surface area (Å²) in [6.07, 6.45) is 2.04. The van der Waals surface area contributed by atoms with Gasteiger partial charge in [-0.1, -0.05) is 43.3 Å². The minimum absolute atomic E-state index is 0.171. The van der Waals surface area contributed by atoms with Gasteiger partial charge in [0.05, 0.1) is 5.57 Å². The topological polar surface area (TPSA) is 87.3 Å². The van der Waals surface area contributed by atoms with E-state index in [1.54, 1.807) is 0 Å². The molecule has 0 aliphatic heterocycles. The van der Waals surface area contributed by atoms with Crippen LogP contribution in [0, 0.1) is 0 Å². The van der Waals surface area contributed by atoms with Crippen LogP contribution in [0.4, 0.5) is 0 Å². The fourth-order valence-corrected chi connectivity index (χ4v) is 2.66. The van der Waals surface area contributed by atoms with Crippen molar-refractivity contribution in [3.63, 3.8) is 0 Å². The van der Waals surface area contributed by atoms with Crippen molar-refractivity contribution in [2.24, 2.45) is 5.73 Å². The van der Waals surface area contributed by atoms with Crippen molar-refractivity contribution in [2.45, 2.75) is 6.92 Å². The Bertz CT molecular complexity index is 687. The zero-order valence-corrected chi connectivity index (χ0v) is 13.1. The Morgan fingerprint density at radius 2 is 1.86 bits per heavy atom. The normalized spacial score (nSPS) is 12.7. The van der Waals surface area contributed by atoms with Gasteiger partial charge in [0, 0.05) is 10.9 Å². The Hall–Kier alpha value is -2.01. The third kappa shape index (κ3) is 3.42. The molecule has 4 heteroatoms. The fourth-order valence-electron chi connectivity index (χ4n) is 2.66. The molecule has 2 aromatic rings. The highest BCUT2D eigenvalue weighted by atomic mass is 16.1. The van der Waals surface area contributed by atoms with Gasteiger partial charge in [-0.15, -0.1) is 0 Å². The largest absolute Gasteiger partial charge is 0.353 e. The van der Waals surface area contributed by atoms with Gasteiger partial charge in [0.25, 0.3) is 0 Å². The summed E-state index contributed by atoms with van der Waals surface area (Å²) >= 11 is 0. The van der Waals surface area contributed by atoms with Crippen LogP contribution in [0.25, 0.3) is 16.8 Å². The average molecular weight is 299 g/mol. The van der Waals surface area contributed by atoms with Gasteiger partial charge in [-0.3, -0.25) is 4.79 Å². The van der Waals surface area contributed by atoms with Crippen molar-refractivity contribution in [3.05, 3.63) is 53.1 Å². The third-order valence-electron chi connectivity index (χ3n) is 3.58. The van der Waals surface area contributed by atoms with Crippen LogP contribution < -0.4 is 16.8 Å². The number of ketones is 1. The Balaban J connectivity index is 0.000000545. The maximum absolute atomic E-state index is 12.5. The number of hydrogen-bond donors (Lipinski definition) is 3. The second kappa shape index (κ2) is 7.84. The molecule has 0 heterocycles. The molecule has 2 aromatic carbocycles. The number of hydrogen-bond acceptors (Lipinski definition) is 2. The second-order valence-electron chi connectivity index (χ2n) is 5.29. The van der Waals surface area contributed by atoms with E-state index in [0.717, 1.165) is 53.7 Å². The molecule has 0 amide bonds. The average Bonchev–Trinajstić information content (AvgIpc) is 2.53. The highest BCUT2D eigenvalue weighted by Gasteiger charge is 2.22. The van der Waals surface area contributed by atoms with Crippen LogP contribution in [0.15, 0.2) is 42.0 Å². The molecule has 1 aliphatic rings. The number of nitrogens with two attached hydrogens (primary N) is 2. The van der Waals surface area contributed by atoms with E-state index in [9.17, 15) is 4.79 Å². The summed E-state index contributed by atoms with van der Waals surface area (Å²) in [4.78, 5) is 12.5. The van der Waals surface area contributed by atoms with Gasteiger partial charge in [0.2, 0.25) is 0 Å². The molecule has 22 heavy (non-hydrogen) atoms. The van der Waals surface area contributed by atoms with Crippen LogP contribution in [-0.4, -0.2) is 32.0 Å². The van der Waals surface area contributed by atoms with Gasteiger partial charge in [-0.05, 0) is 23.6 Å². The Morgan fingerprint density at radius 1 is 1.18 bits per heavy atom. The molecule has 0 unspecified atom stereocenters. The van der Waals surface area contributed by atoms with E-state index in [0.29, 0.717) is 0 Å². The van der Waals surface area contributed by atoms with Gasteiger partial charge in [-0.25, -0.2) is 0 Å². The fraction of sp³-hybridized carbons (Fsp3) is 0.278. The molecular formula is C18H25N3O+2. The SMILES string of the molecule is CCN.[NH3+]CC[NH2+]CC1=Cc2cccc3cccc(c23)C1=O. The molecule has 1 aliphatic carbocycles. The van der Waals surface area contributed by atoms with E-state index >= 15 is 0 Å². The molecule has 0 aromatic heterocycles. The van der Waals surface area contributed by atoms with Crippen LogP contribution in [-0.2, 0) is 0 Å². The monoisotopic (exact) mass is 299 g/mol. The van der Waals surface area contributed by atoms with Crippen LogP contribution in [0.5, 0.6) is 0 Å². The maximum Gasteiger partial charge on any atom is 0.195 e. The summed E-state index contributed by atoms with van der Waals surface area (Å²) in [7, 11) is 0. The summed E-state index contributed by atoms with van der Waals surface area (Å²) in [6.45, 7) is 5.23. The highest BCUT2D eigenvalue weighted by molar-refractivity contribution is 6.22. The minimum atomic E-state index is 0.171. The Labute approximate surface area is 131 Å². The molecule has 0 bridgehead atoms. The molecule has 116 valence electrons. The molecule has 0 saturated heterocycles. The molecule has 0 saturated carbocycles. The van der Waals surface area contributed by atoms with Crippen LogP contribution in [0.1, 0.15) is 22.8 Å². The quantitative estimate of drug-likeness (QED) is 0.704. The first kappa shape index (κ1) is 16.4. The lowest BCUT2D eigenvalue weighted by Crippen LogP contribution is -2.88. The lowest BCUT2D eigenvalue weighted by Gasteiger charge is -2.16. The molecule has 3 rings (SSSR count). The van der Waals surface area contributed by atoms with Crippen molar-refractivity contribution >= 4 is 22.6 Å². The number of Topliss-reactive ketones (excluding diaryl/α,β-unsaturated/α-hetero) is 1. The number of quaternary nitrogens is 2. The summed E-state index contributed by atoms with van der Waals surface area (Å²) in [5.74, 6) is 0.171. The molecule has 0 spiro atoms. The smallest absolute Gasteiger partial charge is 0.195 e. The molecule has 4 nitrogen and oxygen atoms in total. The lowest BCUT2D eigenvalue weighted by atomic mass is 9.88. The summed E-state index contributed by atoms with van der Waals surface area (Å²) in [5, 5.41) is 4.38. The van der Waals surface area contributed by atoms with Gasteiger partial charge < -0.3 is 16.8 Å². The van der Waals surface area contributed by atoms with Crippen molar-refractivity contribution in [1.82, 2.24) is 0 Å². The number of benzene rings is 2. The standard InChI is InChI=1S/C16H16N2O.C2H7N/c17-7-8-18-10-13-9-12-5-1-3-11-4-2-6-14(15(11)12)16(13)19;1-2-3/h1-6,9,18H,7-8,10,17H2;2-3H2,1H3/p+2. The number of rotatable bonds is 4. The van der Waals surface area contributed by atoms with Crippen LogP contribution in [0.3, 0.4) is 0 Å². The number of carbonyl (C=O) groups is 1. The Kier molecular flexibility index (Phi) is 5.83. The minimum Gasteiger partial charge on any atom is -0.353 e. The Morgan fingerprint density at radius 3 is 2.55 bits per heavy atom. The van der Waals surface area contributed by atoms with Crippen molar-refractivity contribution in [1.29, 1.82) is 0 Å². The maximum atomic E-state index is 12.5. The van der Waals surface area contributed by atoms with Gasteiger partial charge in [-0.2, -0.15) is 0 Å². The first-order chi connectivity index (χ1) is 10.7. The van der Waals surface area contributed by atoms with E-state index in [2.05, 4.69) is 29.2 Å². The van der Waals surface area contributed by atoms with E-state index in [1.807, 2.05) is 31.2 Å². The third-order valence-corrected chi connectivity index (χ3v) is 3.58. The first-order valence-electron chi connectivity index (χ1n) is 7.80. The van der Waals surface area contributed by atoms with Gasteiger partial charge >= 0.3 is 0 Å². The lowest BCUT2D eigenvalue weighted by molar-refractivity contribution is -0.662.